The molecule has 23 heavy (non-hydrogen) atoms. The minimum absolute atomic E-state index is 0. The Morgan fingerprint density at radius 1 is 1.43 bits per heavy atom. The summed E-state index contributed by atoms with van der Waals surface area (Å²) in [5.74, 6) is 0.970. The van der Waals surface area contributed by atoms with Crippen LogP contribution in [0.25, 0.3) is 0 Å². The zero-order chi connectivity index (χ0) is 15.4. The predicted molar refractivity (Wildman–Crippen MR) is 101 cm³/mol. The van der Waals surface area contributed by atoms with Crippen molar-refractivity contribution in [2.24, 2.45) is 12.0 Å². The van der Waals surface area contributed by atoms with Gasteiger partial charge < -0.3 is 19.9 Å². The highest BCUT2D eigenvalue weighted by atomic mass is 127. The molecule has 0 spiro atoms. The number of rotatable bonds is 4. The Morgan fingerprint density at radius 2 is 2.26 bits per heavy atom. The van der Waals surface area contributed by atoms with Crippen molar-refractivity contribution in [3.63, 3.8) is 0 Å². The summed E-state index contributed by atoms with van der Waals surface area (Å²) < 4.78 is 7.70. The molecule has 7 nitrogen and oxygen atoms in total. The molecule has 1 atom stereocenters. The molecule has 1 N–H and O–H groups in total. The monoisotopic (exact) mass is 434 g/mol. The van der Waals surface area contributed by atoms with E-state index in [0.29, 0.717) is 6.61 Å². The number of halogens is 1. The summed E-state index contributed by atoms with van der Waals surface area (Å²) in [7, 11) is 3.78. The van der Waals surface area contributed by atoms with Crippen molar-refractivity contribution >= 4 is 29.9 Å². The van der Waals surface area contributed by atoms with Crippen molar-refractivity contribution < 1.29 is 4.74 Å². The van der Waals surface area contributed by atoms with E-state index in [4.69, 9.17) is 4.74 Å². The van der Waals surface area contributed by atoms with Crippen molar-refractivity contribution in [1.82, 2.24) is 24.9 Å². The first-order valence-corrected chi connectivity index (χ1v) is 8.04. The van der Waals surface area contributed by atoms with Gasteiger partial charge in [0.15, 0.2) is 5.96 Å². The van der Waals surface area contributed by atoms with Gasteiger partial charge in [0, 0.05) is 45.5 Å². The summed E-state index contributed by atoms with van der Waals surface area (Å²) in [6.45, 7) is 6.92. The average Bonchev–Trinajstić information content (AvgIpc) is 2.92. The van der Waals surface area contributed by atoms with E-state index in [1.165, 1.54) is 19.5 Å². The molecule has 3 heterocycles. The molecular formula is C15H27IN6O. The number of nitrogens with zero attached hydrogens (tertiary/aromatic N) is 5. The van der Waals surface area contributed by atoms with Crippen molar-refractivity contribution in [3.05, 3.63) is 18.0 Å². The number of morpholine rings is 1. The lowest BCUT2D eigenvalue weighted by Crippen LogP contribution is -2.50. The third-order valence-corrected chi connectivity index (χ3v) is 4.33. The Hall–Kier alpha value is -0.870. The van der Waals surface area contributed by atoms with E-state index in [1.807, 2.05) is 31.2 Å². The van der Waals surface area contributed by atoms with Gasteiger partial charge in [-0.15, -0.1) is 24.0 Å². The van der Waals surface area contributed by atoms with Crippen molar-refractivity contribution in [2.75, 3.05) is 52.9 Å². The van der Waals surface area contributed by atoms with E-state index < -0.39 is 0 Å². The highest BCUT2D eigenvalue weighted by Gasteiger charge is 2.25. The molecule has 2 fully saturated rings. The summed E-state index contributed by atoms with van der Waals surface area (Å²) in [5, 5.41) is 7.71. The summed E-state index contributed by atoms with van der Waals surface area (Å²) in [6.07, 6.45) is 5.31. The van der Waals surface area contributed by atoms with Gasteiger partial charge in [-0.05, 0) is 19.5 Å². The van der Waals surface area contributed by atoms with Crippen LogP contribution in [0.3, 0.4) is 0 Å². The fraction of sp³-hybridized carbons (Fsp3) is 0.733. The number of likely N-dealkylation sites (tertiary alicyclic amines) is 1. The van der Waals surface area contributed by atoms with E-state index in [0.717, 1.165) is 37.7 Å². The number of ether oxygens (including phenoxy) is 1. The van der Waals surface area contributed by atoms with Crippen LogP contribution >= 0.6 is 24.0 Å². The van der Waals surface area contributed by atoms with Gasteiger partial charge in [0.05, 0.1) is 19.3 Å². The van der Waals surface area contributed by atoms with Crippen LogP contribution < -0.4 is 5.32 Å². The summed E-state index contributed by atoms with van der Waals surface area (Å²) >= 11 is 0. The largest absolute Gasteiger partial charge is 0.370 e. The highest BCUT2D eigenvalue weighted by molar-refractivity contribution is 14.0. The molecule has 0 saturated carbocycles. The molecule has 0 amide bonds. The molecule has 0 aliphatic carbocycles. The van der Waals surface area contributed by atoms with Crippen LogP contribution in [0.15, 0.2) is 17.4 Å². The van der Waals surface area contributed by atoms with Gasteiger partial charge in [-0.3, -0.25) is 9.67 Å². The Balaban J connectivity index is 0.00000192. The minimum Gasteiger partial charge on any atom is -0.370 e. The van der Waals surface area contributed by atoms with Gasteiger partial charge in [0.1, 0.15) is 6.10 Å². The molecule has 2 aliphatic rings. The summed E-state index contributed by atoms with van der Waals surface area (Å²) in [4.78, 5) is 9.15. The molecule has 0 bridgehead atoms. The van der Waals surface area contributed by atoms with Crippen molar-refractivity contribution in [3.8, 4) is 0 Å². The van der Waals surface area contributed by atoms with Gasteiger partial charge in [-0.25, -0.2) is 0 Å². The predicted octanol–water partition coefficient (Wildman–Crippen LogP) is 0.692. The maximum atomic E-state index is 5.89. The second kappa shape index (κ2) is 8.84. The van der Waals surface area contributed by atoms with Crippen LogP contribution in [0.2, 0.25) is 0 Å². The SMILES string of the molecule is CN=C(NCCN1CCC1)N1CCOC(c2cnn(C)c2)C1.I. The van der Waals surface area contributed by atoms with Gasteiger partial charge >= 0.3 is 0 Å². The topological polar surface area (TPSA) is 57.9 Å². The first-order chi connectivity index (χ1) is 10.8. The molecule has 1 aromatic rings. The van der Waals surface area contributed by atoms with E-state index in [-0.39, 0.29) is 30.1 Å². The van der Waals surface area contributed by atoms with Crippen molar-refractivity contribution in [2.45, 2.75) is 12.5 Å². The van der Waals surface area contributed by atoms with Crippen LogP contribution in [0, 0.1) is 0 Å². The van der Waals surface area contributed by atoms with E-state index in [1.54, 1.807) is 0 Å². The highest BCUT2D eigenvalue weighted by Crippen LogP contribution is 2.21. The number of guanidine groups is 1. The molecule has 2 saturated heterocycles. The van der Waals surface area contributed by atoms with E-state index in [9.17, 15) is 0 Å². The van der Waals surface area contributed by atoms with E-state index >= 15 is 0 Å². The molecule has 3 rings (SSSR count). The molecule has 130 valence electrons. The lowest BCUT2D eigenvalue weighted by atomic mass is 10.1. The van der Waals surface area contributed by atoms with Crippen LogP contribution in [-0.2, 0) is 11.8 Å². The maximum Gasteiger partial charge on any atom is 0.193 e. The zero-order valence-electron chi connectivity index (χ0n) is 13.9. The number of aryl methyl sites for hydroxylation is 1. The maximum absolute atomic E-state index is 5.89. The number of hydrogen-bond acceptors (Lipinski definition) is 4. The van der Waals surface area contributed by atoms with Crippen molar-refractivity contribution in [1.29, 1.82) is 0 Å². The Bertz CT molecular complexity index is 516. The third-order valence-electron chi connectivity index (χ3n) is 4.33. The molecule has 1 aromatic heterocycles. The third kappa shape index (κ3) is 4.80. The second-order valence-electron chi connectivity index (χ2n) is 5.92. The van der Waals surface area contributed by atoms with Gasteiger partial charge in [0.2, 0.25) is 0 Å². The lowest BCUT2D eigenvalue weighted by Gasteiger charge is -2.35. The first-order valence-electron chi connectivity index (χ1n) is 8.04. The number of aromatic nitrogens is 2. The zero-order valence-corrected chi connectivity index (χ0v) is 16.3. The average molecular weight is 434 g/mol. The Morgan fingerprint density at radius 3 is 2.87 bits per heavy atom. The van der Waals surface area contributed by atoms with Gasteiger partial charge in [-0.2, -0.15) is 5.10 Å². The van der Waals surface area contributed by atoms with E-state index in [2.05, 4.69) is 25.2 Å². The van der Waals surface area contributed by atoms with Gasteiger partial charge in [0.25, 0.3) is 0 Å². The molecule has 0 aromatic carbocycles. The van der Waals surface area contributed by atoms with Gasteiger partial charge in [-0.1, -0.05) is 0 Å². The first kappa shape index (κ1) is 18.5. The van der Waals surface area contributed by atoms with Crippen LogP contribution in [0.4, 0.5) is 0 Å². The molecular weight excluding hydrogens is 407 g/mol. The molecule has 8 heteroatoms. The number of aliphatic imine (C=N–C) groups is 1. The quantitative estimate of drug-likeness (QED) is 0.430. The smallest absolute Gasteiger partial charge is 0.193 e. The lowest BCUT2D eigenvalue weighted by molar-refractivity contribution is -0.00807. The number of hydrogen-bond donors (Lipinski definition) is 1. The summed E-state index contributed by atoms with van der Waals surface area (Å²) in [6, 6.07) is 0. The fourth-order valence-corrected chi connectivity index (χ4v) is 2.91. The van der Waals surface area contributed by atoms with Crippen LogP contribution in [-0.4, -0.2) is 78.5 Å². The standard InChI is InChI=1S/C15H26N6O.HI/c1-16-15(17-4-7-20-5-3-6-20)21-8-9-22-14(12-21)13-10-18-19(2)11-13;/h10-11,14H,3-9,12H2,1-2H3,(H,16,17);1H. The fourth-order valence-electron chi connectivity index (χ4n) is 2.91. The second-order valence-corrected chi connectivity index (χ2v) is 5.92. The molecule has 2 aliphatic heterocycles. The van der Waals surface area contributed by atoms with Crippen LogP contribution in [0.1, 0.15) is 18.1 Å². The molecule has 1 unspecified atom stereocenters. The number of nitrogens with one attached hydrogen (secondary N) is 1. The molecule has 0 radical (unpaired) electrons. The summed E-state index contributed by atoms with van der Waals surface area (Å²) in [5.41, 5.74) is 1.13. The van der Waals surface area contributed by atoms with Crippen LogP contribution in [0.5, 0.6) is 0 Å². The Labute approximate surface area is 155 Å². The minimum atomic E-state index is 0. The normalized spacial score (nSPS) is 22.4. The Kier molecular flexibility index (Phi) is 7.09.